The Morgan fingerprint density at radius 3 is 3.00 bits per heavy atom. The van der Waals surface area contributed by atoms with Gasteiger partial charge in [-0.2, -0.15) is 5.10 Å². The molecule has 0 spiro atoms. The Morgan fingerprint density at radius 2 is 2.28 bits per heavy atom. The summed E-state index contributed by atoms with van der Waals surface area (Å²) in [6.07, 6.45) is 5.44. The Balaban J connectivity index is 1.53. The maximum atomic E-state index is 12.2. The number of rotatable bonds is 6. The molecule has 1 atom stereocenters. The first-order valence-electron chi connectivity index (χ1n) is 8.67. The van der Waals surface area contributed by atoms with Gasteiger partial charge in [0.25, 0.3) is 5.91 Å². The second kappa shape index (κ2) is 7.50. The molecule has 1 aliphatic rings. The Bertz CT molecular complexity index is 750. The summed E-state index contributed by atoms with van der Waals surface area (Å²) in [6, 6.07) is 1.72. The highest BCUT2D eigenvalue weighted by Crippen LogP contribution is 2.24. The summed E-state index contributed by atoms with van der Waals surface area (Å²) in [7, 11) is 0. The molecule has 2 amide bonds. The quantitative estimate of drug-likeness (QED) is 0.825. The van der Waals surface area contributed by atoms with Crippen LogP contribution in [0.4, 0.5) is 0 Å². The number of nitrogens with zero attached hydrogens (tertiary/aromatic N) is 4. The summed E-state index contributed by atoms with van der Waals surface area (Å²) in [5.41, 5.74) is 1.26. The molecule has 3 heterocycles. The number of hydrogen-bond acceptors (Lipinski definition) is 4. The first kappa shape index (κ1) is 17.2. The molecule has 25 heavy (non-hydrogen) atoms. The Hall–Kier alpha value is -2.64. The number of imidazole rings is 1. The van der Waals surface area contributed by atoms with E-state index in [-0.39, 0.29) is 17.7 Å². The van der Waals surface area contributed by atoms with Gasteiger partial charge in [-0.05, 0) is 18.9 Å². The lowest BCUT2D eigenvalue weighted by molar-refractivity contribution is -0.127. The number of likely N-dealkylation sites (tertiary alicyclic amines) is 1. The molecule has 0 bridgehead atoms. The van der Waals surface area contributed by atoms with Crippen LogP contribution in [0.25, 0.3) is 0 Å². The fourth-order valence-corrected chi connectivity index (χ4v) is 3.05. The maximum Gasteiger partial charge on any atom is 0.272 e. The van der Waals surface area contributed by atoms with Gasteiger partial charge in [0, 0.05) is 38.7 Å². The molecule has 134 valence electrons. The zero-order valence-corrected chi connectivity index (χ0v) is 14.7. The minimum atomic E-state index is -0.199. The summed E-state index contributed by atoms with van der Waals surface area (Å²) in [5.74, 6) is 1.01. The first-order valence-corrected chi connectivity index (χ1v) is 8.67. The van der Waals surface area contributed by atoms with Crippen molar-refractivity contribution < 1.29 is 9.59 Å². The van der Waals surface area contributed by atoms with Gasteiger partial charge >= 0.3 is 0 Å². The van der Waals surface area contributed by atoms with Crippen LogP contribution in [0.5, 0.6) is 0 Å². The summed E-state index contributed by atoms with van der Waals surface area (Å²) < 4.78 is 1.77. The molecule has 2 aromatic rings. The van der Waals surface area contributed by atoms with E-state index >= 15 is 0 Å². The number of aromatic amines is 1. The van der Waals surface area contributed by atoms with Gasteiger partial charge < -0.3 is 15.2 Å². The third kappa shape index (κ3) is 4.07. The monoisotopic (exact) mass is 344 g/mol. The Morgan fingerprint density at radius 1 is 1.44 bits per heavy atom. The predicted molar refractivity (Wildman–Crippen MR) is 91.9 cm³/mol. The van der Waals surface area contributed by atoms with Crippen molar-refractivity contribution in [2.75, 3.05) is 13.1 Å². The topological polar surface area (TPSA) is 95.9 Å². The lowest BCUT2D eigenvalue weighted by Crippen LogP contribution is -2.25. The molecule has 1 saturated heterocycles. The van der Waals surface area contributed by atoms with Crippen LogP contribution in [0.2, 0.25) is 0 Å². The Labute approximate surface area is 146 Å². The second-order valence-electron chi connectivity index (χ2n) is 6.39. The molecule has 0 unspecified atom stereocenters. The molecule has 8 heteroatoms. The van der Waals surface area contributed by atoms with E-state index in [9.17, 15) is 9.59 Å². The summed E-state index contributed by atoms with van der Waals surface area (Å²) in [4.78, 5) is 33.1. The van der Waals surface area contributed by atoms with Crippen LogP contribution < -0.4 is 5.32 Å². The first-order chi connectivity index (χ1) is 12.1. The van der Waals surface area contributed by atoms with Gasteiger partial charge in [-0.3, -0.25) is 14.3 Å². The van der Waals surface area contributed by atoms with Crippen LogP contribution in [0.15, 0.2) is 18.5 Å². The SMILES string of the molecule is CCCn1ccc(C(=O)NCc2cnc([C@H]3CCN(C(C)=O)C3)[nH]2)n1. The number of aryl methyl sites for hydroxylation is 1. The highest BCUT2D eigenvalue weighted by molar-refractivity contribution is 5.92. The van der Waals surface area contributed by atoms with E-state index in [1.807, 2.05) is 11.1 Å². The molecule has 1 aliphatic heterocycles. The lowest BCUT2D eigenvalue weighted by atomic mass is 10.1. The number of H-pyrrole nitrogens is 1. The molecule has 1 fully saturated rings. The van der Waals surface area contributed by atoms with Crippen molar-refractivity contribution in [2.45, 2.75) is 45.7 Å². The fourth-order valence-electron chi connectivity index (χ4n) is 3.05. The van der Waals surface area contributed by atoms with Crippen molar-refractivity contribution in [3.63, 3.8) is 0 Å². The fraction of sp³-hybridized carbons (Fsp3) is 0.529. The van der Waals surface area contributed by atoms with E-state index in [1.54, 1.807) is 23.9 Å². The minimum absolute atomic E-state index is 0.101. The Kier molecular flexibility index (Phi) is 5.16. The number of aromatic nitrogens is 4. The number of carbonyl (C=O) groups is 2. The number of amides is 2. The highest BCUT2D eigenvalue weighted by atomic mass is 16.2. The van der Waals surface area contributed by atoms with E-state index in [0.717, 1.165) is 37.4 Å². The van der Waals surface area contributed by atoms with Crippen LogP contribution in [0.1, 0.15) is 54.6 Å². The van der Waals surface area contributed by atoms with Gasteiger partial charge in [0.1, 0.15) is 11.5 Å². The second-order valence-corrected chi connectivity index (χ2v) is 6.39. The highest BCUT2D eigenvalue weighted by Gasteiger charge is 2.27. The molecule has 2 aromatic heterocycles. The smallest absolute Gasteiger partial charge is 0.272 e. The molecule has 3 rings (SSSR count). The van der Waals surface area contributed by atoms with Crippen molar-refractivity contribution in [3.05, 3.63) is 35.7 Å². The van der Waals surface area contributed by atoms with Gasteiger partial charge in [0.15, 0.2) is 0 Å². The molecule has 0 radical (unpaired) electrons. The van der Waals surface area contributed by atoms with Crippen LogP contribution in [0, 0.1) is 0 Å². The number of carbonyl (C=O) groups excluding carboxylic acids is 2. The molecular weight excluding hydrogens is 320 g/mol. The van der Waals surface area contributed by atoms with Crippen LogP contribution >= 0.6 is 0 Å². The largest absolute Gasteiger partial charge is 0.345 e. The van der Waals surface area contributed by atoms with Crippen molar-refractivity contribution in [3.8, 4) is 0 Å². The van der Waals surface area contributed by atoms with E-state index in [2.05, 4.69) is 27.3 Å². The summed E-state index contributed by atoms with van der Waals surface area (Å²) >= 11 is 0. The van der Waals surface area contributed by atoms with E-state index < -0.39 is 0 Å². The van der Waals surface area contributed by atoms with E-state index in [1.165, 1.54) is 0 Å². The lowest BCUT2D eigenvalue weighted by Gasteiger charge is -2.12. The van der Waals surface area contributed by atoms with Crippen molar-refractivity contribution in [1.29, 1.82) is 0 Å². The van der Waals surface area contributed by atoms with Crippen LogP contribution in [0.3, 0.4) is 0 Å². The van der Waals surface area contributed by atoms with Crippen LogP contribution in [-0.4, -0.2) is 49.6 Å². The van der Waals surface area contributed by atoms with Gasteiger partial charge in [-0.1, -0.05) is 6.92 Å². The zero-order chi connectivity index (χ0) is 17.8. The molecule has 0 saturated carbocycles. The van der Waals surface area contributed by atoms with Gasteiger partial charge in [-0.15, -0.1) is 0 Å². The normalized spacial score (nSPS) is 17.0. The predicted octanol–water partition coefficient (Wildman–Crippen LogP) is 1.28. The zero-order valence-electron chi connectivity index (χ0n) is 14.7. The number of hydrogen-bond donors (Lipinski definition) is 2. The van der Waals surface area contributed by atoms with Gasteiger partial charge in [-0.25, -0.2) is 4.98 Å². The van der Waals surface area contributed by atoms with E-state index in [4.69, 9.17) is 0 Å². The standard InChI is InChI=1S/C17H24N6O2/c1-3-6-23-8-5-15(21-23)17(25)19-10-14-9-18-16(20-14)13-4-7-22(11-13)12(2)24/h5,8-9,13H,3-4,6-7,10-11H2,1-2H3,(H,18,20)(H,19,25)/t13-/m0/s1. The molecule has 2 N–H and O–H groups in total. The molecule has 8 nitrogen and oxygen atoms in total. The molecule has 0 aliphatic carbocycles. The van der Waals surface area contributed by atoms with Gasteiger partial charge in [0.05, 0.1) is 18.4 Å². The summed E-state index contributed by atoms with van der Waals surface area (Å²) in [5, 5.41) is 7.10. The average Bonchev–Trinajstić information content (AvgIpc) is 3.32. The number of nitrogens with one attached hydrogen (secondary N) is 2. The van der Waals surface area contributed by atoms with E-state index in [0.29, 0.717) is 18.8 Å². The summed E-state index contributed by atoms with van der Waals surface area (Å²) in [6.45, 7) is 6.30. The van der Waals surface area contributed by atoms with Crippen molar-refractivity contribution in [1.82, 2.24) is 30.0 Å². The van der Waals surface area contributed by atoms with Crippen LogP contribution in [-0.2, 0) is 17.9 Å². The van der Waals surface area contributed by atoms with Crippen molar-refractivity contribution in [2.24, 2.45) is 0 Å². The third-order valence-electron chi connectivity index (χ3n) is 4.43. The molecule has 0 aromatic carbocycles. The molecular formula is C17H24N6O2. The maximum absolute atomic E-state index is 12.2. The van der Waals surface area contributed by atoms with Gasteiger partial charge in [0.2, 0.25) is 5.91 Å². The third-order valence-corrected chi connectivity index (χ3v) is 4.43. The van der Waals surface area contributed by atoms with Crippen molar-refractivity contribution >= 4 is 11.8 Å². The average molecular weight is 344 g/mol. The minimum Gasteiger partial charge on any atom is -0.345 e.